The van der Waals surface area contributed by atoms with Gasteiger partial charge in [0, 0.05) is 63.3 Å². The summed E-state index contributed by atoms with van der Waals surface area (Å²) in [5.41, 5.74) is 4.32. The van der Waals surface area contributed by atoms with E-state index in [9.17, 15) is 9.59 Å². The Morgan fingerprint density at radius 1 is 1.03 bits per heavy atom. The molecule has 1 aliphatic carbocycles. The summed E-state index contributed by atoms with van der Waals surface area (Å²) in [4.78, 5) is 36.3. The number of piperidine rings is 1. The van der Waals surface area contributed by atoms with Gasteiger partial charge in [-0.1, -0.05) is 19.9 Å². The summed E-state index contributed by atoms with van der Waals surface area (Å²) < 4.78 is 0. The zero-order valence-corrected chi connectivity index (χ0v) is 20.3. The molecule has 1 aliphatic heterocycles. The molecular formula is C27H36N4O2. The SMILES string of the molecule is CC(C)CC(=O)N(C)C1CCc2ccc(C(=O)N(C)C3CCN(c4ccncc4)CC3)cc21. The highest BCUT2D eigenvalue weighted by atomic mass is 16.2. The highest BCUT2D eigenvalue weighted by Crippen LogP contribution is 2.36. The molecule has 0 N–H and O–H groups in total. The molecule has 0 saturated carbocycles. The second-order valence-electron chi connectivity index (χ2n) is 9.91. The standard InChI is InChI=1S/C27H36N4O2/c1-19(2)17-26(32)30(4)25-8-7-20-5-6-21(18-24(20)25)27(33)29(3)22-11-15-31(16-12-22)23-9-13-28-14-10-23/h5-6,9-10,13-14,18-19,22,25H,7-8,11-12,15-17H2,1-4H3. The van der Waals surface area contributed by atoms with Crippen molar-refractivity contribution in [3.8, 4) is 0 Å². The number of aryl methyl sites for hydroxylation is 1. The van der Waals surface area contributed by atoms with Crippen LogP contribution in [-0.2, 0) is 11.2 Å². The van der Waals surface area contributed by atoms with Crippen LogP contribution >= 0.6 is 0 Å². The fraction of sp³-hybridized carbons (Fsp3) is 0.519. The van der Waals surface area contributed by atoms with E-state index in [-0.39, 0.29) is 23.9 Å². The van der Waals surface area contributed by atoms with Crippen molar-refractivity contribution in [1.29, 1.82) is 0 Å². The molecule has 4 rings (SSSR count). The summed E-state index contributed by atoms with van der Waals surface area (Å²) in [5, 5.41) is 0. The quantitative estimate of drug-likeness (QED) is 0.661. The van der Waals surface area contributed by atoms with Crippen LogP contribution in [0.25, 0.3) is 0 Å². The van der Waals surface area contributed by atoms with E-state index in [2.05, 4.69) is 29.8 Å². The summed E-state index contributed by atoms with van der Waals surface area (Å²) in [6.45, 7) is 6.01. The van der Waals surface area contributed by atoms with Gasteiger partial charge in [-0.25, -0.2) is 0 Å². The first-order valence-electron chi connectivity index (χ1n) is 12.2. The monoisotopic (exact) mass is 448 g/mol. The minimum absolute atomic E-state index is 0.0629. The lowest BCUT2D eigenvalue weighted by Gasteiger charge is -2.38. The fourth-order valence-corrected chi connectivity index (χ4v) is 5.22. The molecule has 1 unspecified atom stereocenters. The van der Waals surface area contributed by atoms with Gasteiger partial charge in [0.25, 0.3) is 5.91 Å². The number of benzene rings is 1. The van der Waals surface area contributed by atoms with Gasteiger partial charge in [-0.2, -0.15) is 0 Å². The van der Waals surface area contributed by atoms with Gasteiger partial charge < -0.3 is 14.7 Å². The molecule has 33 heavy (non-hydrogen) atoms. The number of hydrogen-bond donors (Lipinski definition) is 0. The van der Waals surface area contributed by atoms with Crippen molar-refractivity contribution in [3.63, 3.8) is 0 Å². The van der Waals surface area contributed by atoms with Crippen LogP contribution in [0.4, 0.5) is 5.69 Å². The predicted octanol–water partition coefficient (Wildman–Crippen LogP) is 4.31. The number of carbonyl (C=O) groups excluding carboxylic acids is 2. The highest BCUT2D eigenvalue weighted by Gasteiger charge is 2.31. The minimum Gasteiger partial charge on any atom is -0.371 e. The van der Waals surface area contributed by atoms with Gasteiger partial charge in [-0.05, 0) is 67.0 Å². The van der Waals surface area contributed by atoms with E-state index in [1.165, 1.54) is 11.3 Å². The maximum absolute atomic E-state index is 13.4. The maximum Gasteiger partial charge on any atom is 0.253 e. The molecule has 6 heteroatoms. The topological polar surface area (TPSA) is 56.8 Å². The molecule has 2 amide bonds. The lowest BCUT2D eigenvalue weighted by atomic mass is 9.99. The smallest absolute Gasteiger partial charge is 0.253 e. The van der Waals surface area contributed by atoms with E-state index in [1.54, 1.807) is 0 Å². The van der Waals surface area contributed by atoms with Crippen LogP contribution in [0.15, 0.2) is 42.7 Å². The molecule has 2 aromatic rings. The zero-order valence-electron chi connectivity index (χ0n) is 20.3. The Morgan fingerprint density at radius 2 is 1.73 bits per heavy atom. The minimum atomic E-state index is 0.0629. The number of pyridine rings is 1. The lowest BCUT2D eigenvalue weighted by Crippen LogP contribution is -2.45. The van der Waals surface area contributed by atoms with Crippen molar-refractivity contribution in [2.24, 2.45) is 5.92 Å². The lowest BCUT2D eigenvalue weighted by molar-refractivity contribution is -0.132. The average Bonchev–Trinajstić information content (AvgIpc) is 3.26. The Morgan fingerprint density at radius 3 is 2.39 bits per heavy atom. The molecule has 0 spiro atoms. The normalized spacial score (nSPS) is 18.3. The van der Waals surface area contributed by atoms with Crippen molar-refractivity contribution < 1.29 is 9.59 Å². The van der Waals surface area contributed by atoms with E-state index in [0.29, 0.717) is 12.3 Å². The van der Waals surface area contributed by atoms with E-state index >= 15 is 0 Å². The number of fused-ring (bicyclic) bond motifs is 1. The number of carbonyl (C=O) groups is 2. The van der Waals surface area contributed by atoms with Gasteiger partial charge in [0.05, 0.1) is 6.04 Å². The molecule has 0 radical (unpaired) electrons. The third kappa shape index (κ3) is 5.05. The van der Waals surface area contributed by atoms with Crippen molar-refractivity contribution in [2.45, 2.75) is 58.0 Å². The number of hydrogen-bond acceptors (Lipinski definition) is 4. The van der Waals surface area contributed by atoms with Gasteiger partial charge in [-0.3, -0.25) is 14.6 Å². The zero-order chi connectivity index (χ0) is 23.5. The first-order valence-corrected chi connectivity index (χ1v) is 12.2. The summed E-state index contributed by atoms with van der Waals surface area (Å²) in [6.07, 6.45) is 7.99. The number of anilines is 1. The summed E-state index contributed by atoms with van der Waals surface area (Å²) >= 11 is 0. The predicted molar refractivity (Wildman–Crippen MR) is 131 cm³/mol. The van der Waals surface area contributed by atoms with Crippen LogP contribution in [0.1, 0.15) is 67.1 Å². The van der Waals surface area contributed by atoms with Gasteiger partial charge in [0.15, 0.2) is 0 Å². The van der Waals surface area contributed by atoms with Gasteiger partial charge in [0.1, 0.15) is 0 Å². The second kappa shape index (κ2) is 9.94. The van der Waals surface area contributed by atoms with Crippen molar-refractivity contribution >= 4 is 17.5 Å². The Labute approximate surface area is 197 Å². The van der Waals surface area contributed by atoms with Crippen molar-refractivity contribution in [1.82, 2.24) is 14.8 Å². The number of aromatic nitrogens is 1. The molecule has 0 bridgehead atoms. The van der Waals surface area contributed by atoms with E-state index in [1.807, 2.05) is 60.6 Å². The van der Waals surface area contributed by atoms with Gasteiger partial charge >= 0.3 is 0 Å². The molecule has 6 nitrogen and oxygen atoms in total. The third-order valence-electron chi connectivity index (χ3n) is 7.24. The van der Waals surface area contributed by atoms with Crippen LogP contribution < -0.4 is 4.90 Å². The van der Waals surface area contributed by atoms with Crippen molar-refractivity contribution in [3.05, 3.63) is 59.4 Å². The molecule has 1 fully saturated rings. The maximum atomic E-state index is 13.4. The Kier molecular flexibility index (Phi) is 7.01. The average molecular weight is 449 g/mol. The molecular weight excluding hydrogens is 412 g/mol. The third-order valence-corrected chi connectivity index (χ3v) is 7.24. The largest absolute Gasteiger partial charge is 0.371 e. The van der Waals surface area contributed by atoms with Crippen LogP contribution in [0.3, 0.4) is 0 Å². The summed E-state index contributed by atoms with van der Waals surface area (Å²) in [7, 11) is 3.83. The van der Waals surface area contributed by atoms with E-state index in [4.69, 9.17) is 0 Å². The molecule has 1 aromatic heterocycles. The molecule has 2 heterocycles. The Balaban J connectivity index is 1.42. The highest BCUT2D eigenvalue weighted by molar-refractivity contribution is 5.94. The molecule has 1 atom stereocenters. The van der Waals surface area contributed by atoms with Crippen LogP contribution in [0, 0.1) is 5.92 Å². The molecule has 1 aromatic carbocycles. The fourth-order valence-electron chi connectivity index (χ4n) is 5.22. The van der Waals surface area contributed by atoms with Crippen LogP contribution in [-0.4, -0.2) is 59.8 Å². The molecule has 2 aliphatic rings. The molecule has 1 saturated heterocycles. The first kappa shape index (κ1) is 23.3. The number of amides is 2. The molecule has 176 valence electrons. The van der Waals surface area contributed by atoms with Gasteiger partial charge in [-0.15, -0.1) is 0 Å². The summed E-state index contributed by atoms with van der Waals surface area (Å²) in [6, 6.07) is 10.5. The number of nitrogens with zero attached hydrogens (tertiary/aromatic N) is 4. The Hall–Kier alpha value is -2.89. The van der Waals surface area contributed by atoms with Crippen LogP contribution in [0.5, 0.6) is 0 Å². The van der Waals surface area contributed by atoms with E-state index in [0.717, 1.165) is 49.9 Å². The van der Waals surface area contributed by atoms with Gasteiger partial charge in [0.2, 0.25) is 5.91 Å². The Bertz CT molecular complexity index is 983. The first-order chi connectivity index (χ1) is 15.8. The van der Waals surface area contributed by atoms with Crippen molar-refractivity contribution in [2.75, 3.05) is 32.1 Å². The van der Waals surface area contributed by atoms with E-state index < -0.39 is 0 Å². The summed E-state index contributed by atoms with van der Waals surface area (Å²) in [5.74, 6) is 0.590. The second-order valence-corrected chi connectivity index (χ2v) is 9.91. The number of rotatable bonds is 6. The van der Waals surface area contributed by atoms with Crippen LogP contribution in [0.2, 0.25) is 0 Å².